The summed E-state index contributed by atoms with van der Waals surface area (Å²) in [7, 11) is 0. The number of para-hydroxylation sites is 2. The van der Waals surface area contributed by atoms with E-state index in [1.165, 1.54) is 0 Å². The maximum absolute atomic E-state index is 5.91. The Morgan fingerprint density at radius 3 is 2.93 bits per heavy atom. The molecule has 1 aromatic heterocycles. The van der Waals surface area contributed by atoms with Crippen LogP contribution < -0.4 is 5.73 Å². The van der Waals surface area contributed by atoms with Crippen LogP contribution in [0.1, 0.15) is 31.7 Å². The zero-order valence-corrected chi connectivity index (χ0v) is 8.23. The minimum absolute atomic E-state index is 0.0765. The van der Waals surface area contributed by atoms with Crippen molar-refractivity contribution >= 4 is 11.1 Å². The van der Waals surface area contributed by atoms with Crippen LogP contribution in [0.5, 0.6) is 0 Å². The van der Waals surface area contributed by atoms with Gasteiger partial charge < -0.3 is 10.2 Å². The number of rotatable bonds is 3. The first-order valence-electron chi connectivity index (χ1n) is 4.92. The molecule has 0 aliphatic carbocycles. The maximum Gasteiger partial charge on any atom is 0.212 e. The highest BCUT2D eigenvalue weighted by Crippen LogP contribution is 2.20. The maximum atomic E-state index is 5.91. The summed E-state index contributed by atoms with van der Waals surface area (Å²) in [5, 5.41) is 0. The van der Waals surface area contributed by atoms with Crippen molar-refractivity contribution in [2.24, 2.45) is 5.73 Å². The number of nitrogens with zero attached hydrogens (tertiary/aromatic N) is 1. The van der Waals surface area contributed by atoms with Crippen LogP contribution in [0.4, 0.5) is 0 Å². The zero-order valence-electron chi connectivity index (χ0n) is 8.23. The first-order chi connectivity index (χ1) is 6.81. The van der Waals surface area contributed by atoms with Gasteiger partial charge in [-0.15, -0.1) is 0 Å². The molecular formula is C11H14N2O. The Balaban J connectivity index is 2.35. The number of fused-ring (bicyclic) bond motifs is 1. The minimum atomic E-state index is -0.0765. The molecule has 0 aliphatic heterocycles. The Morgan fingerprint density at radius 2 is 2.21 bits per heavy atom. The van der Waals surface area contributed by atoms with Gasteiger partial charge in [-0.3, -0.25) is 0 Å². The molecule has 74 valence electrons. The molecule has 0 bridgehead atoms. The number of hydrogen-bond acceptors (Lipinski definition) is 3. The van der Waals surface area contributed by atoms with Crippen LogP contribution in [0.25, 0.3) is 11.1 Å². The van der Waals surface area contributed by atoms with Crippen molar-refractivity contribution in [2.45, 2.75) is 25.8 Å². The van der Waals surface area contributed by atoms with E-state index in [1.807, 2.05) is 24.3 Å². The fourth-order valence-electron chi connectivity index (χ4n) is 1.48. The van der Waals surface area contributed by atoms with Crippen molar-refractivity contribution in [2.75, 3.05) is 0 Å². The molecule has 1 heterocycles. The Labute approximate surface area is 82.9 Å². The second-order valence-electron chi connectivity index (χ2n) is 3.41. The summed E-state index contributed by atoms with van der Waals surface area (Å²) >= 11 is 0. The average Bonchev–Trinajstić information content (AvgIpc) is 2.61. The van der Waals surface area contributed by atoms with E-state index in [0.717, 1.165) is 23.9 Å². The number of nitrogens with two attached hydrogens (primary N) is 1. The van der Waals surface area contributed by atoms with Gasteiger partial charge in [-0.1, -0.05) is 25.5 Å². The Hall–Kier alpha value is -1.35. The van der Waals surface area contributed by atoms with Crippen molar-refractivity contribution in [1.82, 2.24) is 4.98 Å². The second-order valence-corrected chi connectivity index (χ2v) is 3.41. The van der Waals surface area contributed by atoms with E-state index < -0.39 is 0 Å². The standard InChI is InChI=1S/C11H14N2O/c1-2-5-8(12)11-13-9-6-3-4-7-10(9)14-11/h3-4,6-8H,2,5,12H2,1H3. The van der Waals surface area contributed by atoms with Crippen LogP contribution in [0, 0.1) is 0 Å². The molecule has 14 heavy (non-hydrogen) atoms. The van der Waals surface area contributed by atoms with E-state index in [-0.39, 0.29) is 6.04 Å². The van der Waals surface area contributed by atoms with Crippen molar-refractivity contribution in [3.05, 3.63) is 30.2 Å². The molecule has 2 N–H and O–H groups in total. The number of oxazole rings is 1. The predicted molar refractivity (Wildman–Crippen MR) is 55.8 cm³/mol. The van der Waals surface area contributed by atoms with Crippen LogP contribution in [0.2, 0.25) is 0 Å². The molecule has 1 aromatic carbocycles. The number of benzene rings is 1. The highest BCUT2D eigenvalue weighted by Gasteiger charge is 2.12. The summed E-state index contributed by atoms with van der Waals surface area (Å²) in [6, 6.07) is 7.64. The lowest BCUT2D eigenvalue weighted by atomic mass is 10.2. The van der Waals surface area contributed by atoms with Crippen LogP contribution in [-0.4, -0.2) is 4.98 Å². The fraction of sp³-hybridized carbons (Fsp3) is 0.364. The van der Waals surface area contributed by atoms with Gasteiger partial charge in [0.25, 0.3) is 0 Å². The molecule has 0 fully saturated rings. The molecule has 0 amide bonds. The molecule has 0 radical (unpaired) electrons. The summed E-state index contributed by atoms with van der Waals surface area (Å²) in [5.41, 5.74) is 7.61. The third kappa shape index (κ3) is 1.63. The van der Waals surface area contributed by atoms with Gasteiger partial charge in [-0.25, -0.2) is 4.98 Å². The van der Waals surface area contributed by atoms with Crippen molar-refractivity contribution in [1.29, 1.82) is 0 Å². The van der Waals surface area contributed by atoms with Crippen LogP contribution in [0.15, 0.2) is 28.7 Å². The second kappa shape index (κ2) is 3.80. The summed E-state index contributed by atoms with van der Waals surface area (Å²) in [4.78, 5) is 4.34. The first kappa shape index (κ1) is 9.21. The molecular weight excluding hydrogens is 176 g/mol. The first-order valence-corrected chi connectivity index (χ1v) is 4.92. The smallest absolute Gasteiger partial charge is 0.212 e. The normalized spacial score (nSPS) is 13.3. The Morgan fingerprint density at radius 1 is 1.43 bits per heavy atom. The van der Waals surface area contributed by atoms with Crippen LogP contribution in [0.3, 0.4) is 0 Å². The molecule has 0 saturated carbocycles. The van der Waals surface area contributed by atoms with E-state index in [9.17, 15) is 0 Å². The Bertz CT molecular complexity index is 389. The van der Waals surface area contributed by atoms with E-state index in [1.54, 1.807) is 0 Å². The van der Waals surface area contributed by atoms with Gasteiger partial charge in [-0.05, 0) is 18.6 Å². The van der Waals surface area contributed by atoms with Gasteiger partial charge >= 0.3 is 0 Å². The quantitative estimate of drug-likeness (QED) is 0.809. The molecule has 0 spiro atoms. The fourth-order valence-corrected chi connectivity index (χ4v) is 1.48. The van der Waals surface area contributed by atoms with Crippen molar-refractivity contribution in [3.8, 4) is 0 Å². The van der Waals surface area contributed by atoms with E-state index in [4.69, 9.17) is 10.2 Å². The highest BCUT2D eigenvalue weighted by molar-refractivity contribution is 5.72. The summed E-state index contributed by atoms with van der Waals surface area (Å²) < 4.78 is 5.55. The molecule has 0 aliphatic rings. The monoisotopic (exact) mass is 190 g/mol. The summed E-state index contributed by atoms with van der Waals surface area (Å²) in [6.45, 7) is 2.10. The molecule has 3 heteroatoms. The molecule has 1 atom stereocenters. The van der Waals surface area contributed by atoms with Gasteiger partial charge in [0.1, 0.15) is 5.52 Å². The minimum Gasteiger partial charge on any atom is -0.439 e. The van der Waals surface area contributed by atoms with Crippen molar-refractivity contribution < 1.29 is 4.42 Å². The predicted octanol–water partition coefficient (Wildman–Crippen LogP) is 2.63. The van der Waals surface area contributed by atoms with E-state index in [2.05, 4.69) is 11.9 Å². The van der Waals surface area contributed by atoms with Gasteiger partial charge in [-0.2, -0.15) is 0 Å². The topological polar surface area (TPSA) is 52.0 Å². The lowest BCUT2D eigenvalue weighted by Crippen LogP contribution is -2.09. The third-order valence-electron chi connectivity index (χ3n) is 2.23. The largest absolute Gasteiger partial charge is 0.439 e. The number of aromatic nitrogens is 1. The van der Waals surface area contributed by atoms with Crippen LogP contribution in [-0.2, 0) is 0 Å². The highest BCUT2D eigenvalue weighted by atomic mass is 16.3. The molecule has 2 aromatic rings. The van der Waals surface area contributed by atoms with Gasteiger partial charge in [0.15, 0.2) is 5.58 Å². The molecule has 0 saturated heterocycles. The average molecular weight is 190 g/mol. The molecule has 1 unspecified atom stereocenters. The van der Waals surface area contributed by atoms with Gasteiger partial charge in [0.05, 0.1) is 6.04 Å². The van der Waals surface area contributed by atoms with E-state index in [0.29, 0.717) is 5.89 Å². The lowest BCUT2D eigenvalue weighted by Gasteiger charge is -2.03. The van der Waals surface area contributed by atoms with E-state index >= 15 is 0 Å². The zero-order chi connectivity index (χ0) is 9.97. The third-order valence-corrected chi connectivity index (χ3v) is 2.23. The molecule has 3 nitrogen and oxygen atoms in total. The van der Waals surface area contributed by atoms with Gasteiger partial charge in [0, 0.05) is 0 Å². The summed E-state index contributed by atoms with van der Waals surface area (Å²) in [6.07, 6.45) is 1.95. The lowest BCUT2D eigenvalue weighted by molar-refractivity contribution is 0.456. The Kier molecular flexibility index (Phi) is 2.50. The summed E-state index contributed by atoms with van der Waals surface area (Å²) in [5.74, 6) is 0.646. The number of hydrogen-bond donors (Lipinski definition) is 1. The molecule has 2 rings (SSSR count). The SMILES string of the molecule is CCCC(N)c1nc2ccccc2o1. The van der Waals surface area contributed by atoms with Gasteiger partial charge in [0.2, 0.25) is 5.89 Å². The van der Waals surface area contributed by atoms with Crippen molar-refractivity contribution in [3.63, 3.8) is 0 Å². The van der Waals surface area contributed by atoms with Crippen LogP contribution >= 0.6 is 0 Å².